The van der Waals surface area contributed by atoms with Crippen LogP contribution >= 0.6 is 0 Å². The summed E-state index contributed by atoms with van der Waals surface area (Å²) in [5.41, 5.74) is -1.03. The number of alkyl halides is 2. The maximum absolute atomic E-state index is 14.8. The molecule has 10 nitrogen and oxygen atoms in total. The molecule has 4 amide bonds. The van der Waals surface area contributed by atoms with Crippen molar-refractivity contribution >= 4 is 29.6 Å². The highest BCUT2D eigenvalue weighted by Gasteiger charge is 2.69. The van der Waals surface area contributed by atoms with Crippen molar-refractivity contribution < 1.29 is 37.5 Å². The minimum Gasteiger partial charge on any atom is -0.444 e. The van der Waals surface area contributed by atoms with Crippen molar-refractivity contribution in [3.63, 3.8) is 0 Å². The molecule has 0 radical (unpaired) electrons. The topological polar surface area (TPSA) is 134 Å². The summed E-state index contributed by atoms with van der Waals surface area (Å²) in [6.07, 6.45) is 1.42. The predicted octanol–water partition coefficient (Wildman–Crippen LogP) is 3.46. The fraction of sp³-hybridized carbons (Fsp3) is 0.833. The summed E-state index contributed by atoms with van der Waals surface area (Å²) in [5, 5.41) is 7.86. The predicted molar refractivity (Wildman–Crippen MR) is 149 cm³/mol. The van der Waals surface area contributed by atoms with Gasteiger partial charge in [-0.3, -0.25) is 19.2 Å². The monoisotopic (exact) mass is 596 g/mol. The molecule has 0 bridgehead atoms. The summed E-state index contributed by atoms with van der Waals surface area (Å²) in [4.78, 5) is 67.6. The van der Waals surface area contributed by atoms with Crippen molar-refractivity contribution in [1.82, 2.24) is 20.9 Å². The fourth-order valence-electron chi connectivity index (χ4n) is 6.46. The van der Waals surface area contributed by atoms with E-state index in [2.05, 4.69) is 16.0 Å². The van der Waals surface area contributed by atoms with Gasteiger partial charge in [0.25, 0.3) is 5.91 Å². The molecular formula is C30H46F2N4O6. The molecule has 0 aromatic rings. The van der Waals surface area contributed by atoms with Gasteiger partial charge in [0.1, 0.15) is 17.7 Å². The first-order valence-electron chi connectivity index (χ1n) is 15.3. The lowest BCUT2D eigenvalue weighted by molar-refractivity contribution is -0.144. The van der Waals surface area contributed by atoms with Gasteiger partial charge < -0.3 is 25.6 Å². The fourth-order valence-corrected chi connectivity index (χ4v) is 6.46. The van der Waals surface area contributed by atoms with Crippen LogP contribution < -0.4 is 16.0 Å². The van der Waals surface area contributed by atoms with E-state index in [-0.39, 0.29) is 42.6 Å². The van der Waals surface area contributed by atoms with Gasteiger partial charge in [-0.05, 0) is 70.1 Å². The van der Waals surface area contributed by atoms with Crippen molar-refractivity contribution in [2.45, 2.75) is 135 Å². The Labute approximate surface area is 246 Å². The van der Waals surface area contributed by atoms with E-state index in [1.54, 1.807) is 20.8 Å². The molecule has 0 aromatic heterocycles. The number of Topliss-reactive ketones (excluding diaryl/α,β-unsaturated/α-hetero) is 1. The zero-order valence-corrected chi connectivity index (χ0v) is 25.4. The Morgan fingerprint density at radius 1 is 0.952 bits per heavy atom. The lowest BCUT2D eigenvalue weighted by atomic mass is 9.96. The molecule has 2 aliphatic carbocycles. The van der Waals surface area contributed by atoms with Crippen LogP contribution in [-0.2, 0) is 23.9 Å². The largest absolute Gasteiger partial charge is 0.444 e. The second-order valence-electron chi connectivity index (χ2n) is 14.1. The van der Waals surface area contributed by atoms with Crippen LogP contribution in [0.25, 0.3) is 0 Å². The number of carbonyl (C=O) groups is 5. The van der Waals surface area contributed by atoms with Gasteiger partial charge in [-0.2, -0.15) is 0 Å². The SMILES string of the molecule is CC(C)(C)OC(=O)N[C@H]1CCCCCCC(F)(F)CC[C@@H](C(=O)C(=O)NC2CC2)NC(=O)[C@@H]2[C@@H]3[C@H](CN2C1=O)C3(C)C. The summed E-state index contributed by atoms with van der Waals surface area (Å²) in [6, 6.07) is -3.48. The number of carbonyl (C=O) groups excluding carboxylic acids is 5. The number of nitrogens with one attached hydrogen (secondary N) is 3. The van der Waals surface area contributed by atoms with Crippen molar-refractivity contribution in [1.29, 1.82) is 0 Å². The summed E-state index contributed by atoms with van der Waals surface area (Å²) in [6.45, 7) is 9.42. The minimum atomic E-state index is -3.06. The number of alkyl carbamates (subject to hydrolysis) is 1. The second-order valence-corrected chi connectivity index (χ2v) is 14.1. The van der Waals surface area contributed by atoms with Crippen molar-refractivity contribution in [2.24, 2.45) is 17.3 Å². The molecule has 2 saturated carbocycles. The van der Waals surface area contributed by atoms with Gasteiger partial charge >= 0.3 is 6.09 Å². The maximum atomic E-state index is 14.8. The number of halogens is 2. The molecule has 0 spiro atoms. The van der Waals surface area contributed by atoms with E-state index in [1.807, 2.05) is 13.8 Å². The number of hydrogen-bond donors (Lipinski definition) is 3. The second kappa shape index (κ2) is 12.1. The summed E-state index contributed by atoms with van der Waals surface area (Å²) in [7, 11) is 0. The van der Waals surface area contributed by atoms with Gasteiger partial charge in [0.2, 0.25) is 23.5 Å². The third-order valence-electron chi connectivity index (χ3n) is 9.10. The molecule has 2 heterocycles. The number of rotatable bonds is 4. The van der Waals surface area contributed by atoms with Crippen LogP contribution in [0, 0.1) is 17.3 Å². The van der Waals surface area contributed by atoms with Gasteiger partial charge in [0, 0.05) is 25.4 Å². The van der Waals surface area contributed by atoms with Gasteiger partial charge in [-0.15, -0.1) is 0 Å². The first-order chi connectivity index (χ1) is 19.5. The normalized spacial score (nSPS) is 31.7. The molecule has 12 heteroatoms. The number of fused-ring (bicyclic) bond motifs is 3. The van der Waals surface area contributed by atoms with E-state index < -0.39 is 72.1 Å². The van der Waals surface area contributed by atoms with Crippen LogP contribution in [0.2, 0.25) is 0 Å². The molecule has 42 heavy (non-hydrogen) atoms. The molecule has 236 valence electrons. The average molecular weight is 597 g/mol. The minimum absolute atomic E-state index is 0.0260. The smallest absolute Gasteiger partial charge is 0.408 e. The standard InChI is InChI=1S/C30H46F2N4O6/c1-28(2,3)42-27(41)35-20-10-8-6-7-9-14-30(31,32)15-13-19(23(37)25(39)33-17-11-12-17)34-24(38)22-21-18(29(21,4)5)16-36(22)26(20)40/h17-22H,6-16H2,1-5H3,(H,33,39)(H,34,38)(H,35,41)/t18-,19-,20-,21-,22-/m0/s1. The lowest BCUT2D eigenvalue weighted by Gasteiger charge is -2.34. The van der Waals surface area contributed by atoms with Crippen LogP contribution in [0.4, 0.5) is 13.6 Å². The molecule has 0 aromatic carbocycles. The molecule has 2 aliphatic heterocycles. The number of piperidine rings is 1. The highest BCUT2D eigenvalue weighted by molar-refractivity contribution is 6.38. The van der Waals surface area contributed by atoms with Crippen LogP contribution in [0.3, 0.4) is 0 Å². The molecule has 4 aliphatic rings. The van der Waals surface area contributed by atoms with Crippen molar-refractivity contribution in [3.05, 3.63) is 0 Å². The van der Waals surface area contributed by atoms with Crippen LogP contribution in [0.1, 0.15) is 98.8 Å². The van der Waals surface area contributed by atoms with E-state index in [0.29, 0.717) is 25.8 Å². The lowest BCUT2D eigenvalue weighted by Crippen LogP contribution is -2.58. The van der Waals surface area contributed by atoms with E-state index in [4.69, 9.17) is 4.74 Å². The van der Waals surface area contributed by atoms with Crippen LogP contribution in [-0.4, -0.2) is 76.7 Å². The van der Waals surface area contributed by atoms with E-state index in [0.717, 1.165) is 12.8 Å². The van der Waals surface area contributed by atoms with Crippen LogP contribution in [0.15, 0.2) is 0 Å². The Bertz CT molecular complexity index is 1090. The van der Waals surface area contributed by atoms with E-state index in [1.165, 1.54) is 4.90 Å². The molecule has 4 fully saturated rings. The number of amides is 4. The first kappa shape index (κ1) is 32.1. The molecule has 4 rings (SSSR count). The Morgan fingerprint density at radius 3 is 2.26 bits per heavy atom. The molecule has 0 unspecified atom stereocenters. The average Bonchev–Trinajstić information content (AvgIpc) is 3.72. The number of ketones is 1. The van der Waals surface area contributed by atoms with Gasteiger partial charge in [0.05, 0.1) is 6.04 Å². The highest BCUT2D eigenvalue weighted by atomic mass is 19.3. The number of hydrogen-bond acceptors (Lipinski definition) is 6. The quantitative estimate of drug-likeness (QED) is 0.426. The maximum Gasteiger partial charge on any atom is 0.408 e. The zero-order chi connectivity index (χ0) is 31.0. The number of ether oxygens (including phenoxy) is 1. The zero-order valence-electron chi connectivity index (χ0n) is 25.4. The molecule has 2 saturated heterocycles. The Morgan fingerprint density at radius 2 is 1.62 bits per heavy atom. The van der Waals surface area contributed by atoms with Crippen molar-refractivity contribution in [3.8, 4) is 0 Å². The first-order valence-corrected chi connectivity index (χ1v) is 15.3. The molecular weight excluding hydrogens is 550 g/mol. The summed E-state index contributed by atoms with van der Waals surface area (Å²) < 4.78 is 35.0. The third kappa shape index (κ3) is 7.78. The summed E-state index contributed by atoms with van der Waals surface area (Å²) in [5.74, 6) is -6.17. The van der Waals surface area contributed by atoms with Gasteiger partial charge in [-0.25, -0.2) is 13.6 Å². The van der Waals surface area contributed by atoms with Gasteiger partial charge in [-0.1, -0.05) is 33.1 Å². The highest BCUT2D eigenvalue weighted by Crippen LogP contribution is 2.65. The molecule has 3 N–H and O–H groups in total. The van der Waals surface area contributed by atoms with Gasteiger partial charge in [0.15, 0.2) is 0 Å². The van der Waals surface area contributed by atoms with E-state index >= 15 is 0 Å². The molecule has 5 atom stereocenters. The van der Waals surface area contributed by atoms with Crippen molar-refractivity contribution in [2.75, 3.05) is 6.54 Å². The van der Waals surface area contributed by atoms with Crippen LogP contribution in [0.5, 0.6) is 0 Å². The third-order valence-corrected chi connectivity index (χ3v) is 9.10. The number of nitrogens with zero attached hydrogens (tertiary/aromatic N) is 1. The Hall–Kier alpha value is -2.79. The Kier molecular flexibility index (Phi) is 9.23. The van der Waals surface area contributed by atoms with E-state index in [9.17, 15) is 32.8 Å². The summed E-state index contributed by atoms with van der Waals surface area (Å²) >= 11 is 0. The Balaban J connectivity index is 1.60.